The molecule has 2 aromatic carbocycles. The molecule has 2 aromatic rings. The van der Waals surface area contributed by atoms with Crippen LogP contribution in [0.1, 0.15) is 18.1 Å². The van der Waals surface area contributed by atoms with Crippen LogP contribution in [0, 0.1) is 24.4 Å². The summed E-state index contributed by atoms with van der Waals surface area (Å²) in [5, 5.41) is 2.84. The normalized spacial score (nSPS) is 12.2. The minimum atomic E-state index is -0.612. The summed E-state index contributed by atoms with van der Waals surface area (Å²) in [5.74, 6) is -1.49. The lowest BCUT2D eigenvalue weighted by molar-refractivity contribution is 0.577. The summed E-state index contributed by atoms with van der Waals surface area (Å²) in [7, 11) is 0. The summed E-state index contributed by atoms with van der Waals surface area (Å²) < 4.78 is 40.3. The van der Waals surface area contributed by atoms with Gasteiger partial charge < -0.3 is 5.32 Å². The van der Waals surface area contributed by atoms with E-state index in [4.69, 9.17) is 0 Å². The third-order valence-corrected chi connectivity index (χ3v) is 3.13. The van der Waals surface area contributed by atoms with Gasteiger partial charge >= 0.3 is 0 Å². The summed E-state index contributed by atoms with van der Waals surface area (Å²) >= 11 is 0. The zero-order valence-electron chi connectivity index (χ0n) is 11.4. The van der Waals surface area contributed by atoms with Crippen molar-refractivity contribution >= 4 is 5.69 Å². The minimum absolute atomic E-state index is 0.111. The molecule has 0 fully saturated rings. The van der Waals surface area contributed by atoms with E-state index in [0.29, 0.717) is 12.0 Å². The van der Waals surface area contributed by atoms with Crippen molar-refractivity contribution in [3.8, 4) is 0 Å². The molecule has 0 saturated carbocycles. The van der Waals surface area contributed by atoms with E-state index in [0.717, 1.165) is 5.56 Å². The molecule has 4 heteroatoms. The first-order valence-electron chi connectivity index (χ1n) is 6.43. The molecule has 20 heavy (non-hydrogen) atoms. The number of nitrogens with one attached hydrogen (secondary N) is 1. The Balaban J connectivity index is 2.10. The molecule has 0 aliphatic heterocycles. The van der Waals surface area contributed by atoms with Crippen molar-refractivity contribution < 1.29 is 13.2 Å². The lowest BCUT2D eigenvalue weighted by atomic mass is 10.1. The van der Waals surface area contributed by atoms with Crippen LogP contribution < -0.4 is 5.32 Å². The Hall–Kier alpha value is -1.97. The second kappa shape index (κ2) is 5.99. The maximum Gasteiger partial charge on any atom is 0.152 e. The standard InChI is InChI=1S/C16H16F3N/c1-10-3-8-14(18)16(15(10)19)20-11(2)9-12-4-6-13(17)7-5-12/h3-8,11,20H,9H2,1-2H3. The van der Waals surface area contributed by atoms with Gasteiger partial charge in [-0.3, -0.25) is 0 Å². The number of rotatable bonds is 4. The van der Waals surface area contributed by atoms with Crippen molar-refractivity contribution in [2.45, 2.75) is 26.3 Å². The van der Waals surface area contributed by atoms with Crippen LogP contribution >= 0.6 is 0 Å². The van der Waals surface area contributed by atoms with E-state index in [9.17, 15) is 13.2 Å². The Morgan fingerprint density at radius 2 is 1.65 bits per heavy atom. The molecule has 1 nitrogen and oxygen atoms in total. The van der Waals surface area contributed by atoms with Crippen LogP contribution in [0.2, 0.25) is 0 Å². The Bertz CT molecular complexity index is 593. The number of benzene rings is 2. The predicted octanol–water partition coefficient (Wildman–Crippen LogP) is 4.46. The number of hydrogen-bond donors (Lipinski definition) is 1. The Labute approximate surface area is 116 Å². The third-order valence-electron chi connectivity index (χ3n) is 3.13. The van der Waals surface area contributed by atoms with E-state index < -0.39 is 11.6 Å². The van der Waals surface area contributed by atoms with Gasteiger partial charge in [0.2, 0.25) is 0 Å². The molecular weight excluding hydrogens is 263 g/mol. The number of aryl methyl sites for hydroxylation is 1. The van der Waals surface area contributed by atoms with Gasteiger partial charge in [-0.1, -0.05) is 18.2 Å². The van der Waals surface area contributed by atoms with Gasteiger partial charge in [0, 0.05) is 6.04 Å². The topological polar surface area (TPSA) is 12.0 Å². The van der Waals surface area contributed by atoms with Crippen molar-refractivity contribution in [3.05, 3.63) is 65.0 Å². The minimum Gasteiger partial charge on any atom is -0.377 e. The Morgan fingerprint density at radius 3 is 2.30 bits per heavy atom. The van der Waals surface area contributed by atoms with Crippen molar-refractivity contribution in [2.75, 3.05) is 5.32 Å². The molecule has 1 unspecified atom stereocenters. The fourth-order valence-corrected chi connectivity index (χ4v) is 2.06. The maximum atomic E-state index is 13.9. The molecule has 1 atom stereocenters. The second-order valence-electron chi connectivity index (χ2n) is 4.93. The summed E-state index contributed by atoms with van der Waals surface area (Å²) in [6, 6.07) is 8.54. The van der Waals surface area contributed by atoms with Crippen molar-refractivity contribution in [3.63, 3.8) is 0 Å². The van der Waals surface area contributed by atoms with E-state index in [1.165, 1.54) is 24.3 Å². The van der Waals surface area contributed by atoms with E-state index in [1.807, 2.05) is 6.92 Å². The van der Waals surface area contributed by atoms with Crippen LogP contribution in [0.4, 0.5) is 18.9 Å². The highest BCUT2D eigenvalue weighted by molar-refractivity contribution is 5.49. The maximum absolute atomic E-state index is 13.9. The fraction of sp³-hybridized carbons (Fsp3) is 0.250. The average Bonchev–Trinajstić information content (AvgIpc) is 2.42. The van der Waals surface area contributed by atoms with Crippen molar-refractivity contribution in [1.29, 1.82) is 0 Å². The molecule has 0 spiro atoms. The van der Waals surface area contributed by atoms with Gasteiger partial charge in [-0.15, -0.1) is 0 Å². The third kappa shape index (κ3) is 3.32. The molecular formula is C16H16F3N. The first-order chi connectivity index (χ1) is 9.47. The molecule has 0 heterocycles. The highest BCUT2D eigenvalue weighted by atomic mass is 19.1. The van der Waals surface area contributed by atoms with Crippen LogP contribution in [-0.4, -0.2) is 6.04 Å². The molecule has 0 aliphatic carbocycles. The molecule has 1 N–H and O–H groups in total. The molecule has 0 saturated heterocycles. The molecule has 0 aromatic heterocycles. The van der Waals surface area contributed by atoms with E-state index >= 15 is 0 Å². The zero-order chi connectivity index (χ0) is 14.7. The SMILES string of the molecule is Cc1ccc(F)c(NC(C)Cc2ccc(F)cc2)c1F. The summed E-state index contributed by atoms with van der Waals surface area (Å²) in [5.41, 5.74) is 1.18. The number of hydrogen-bond acceptors (Lipinski definition) is 1. The van der Waals surface area contributed by atoms with Gasteiger partial charge in [0.05, 0.1) is 0 Å². The van der Waals surface area contributed by atoms with Crippen LogP contribution in [-0.2, 0) is 6.42 Å². The Kier molecular flexibility index (Phi) is 4.32. The molecule has 0 radical (unpaired) electrons. The van der Waals surface area contributed by atoms with Gasteiger partial charge in [0.1, 0.15) is 17.3 Å². The molecule has 0 amide bonds. The van der Waals surface area contributed by atoms with Crippen LogP contribution in [0.5, 0.6) is 0 Å². The van der Waals surface area contributed by atoms with E-state index in [1.54, 1.807) is 19.1 Å². The largest absolute Gasteiger partial charge is 0.377 e. The lowest BCUT2D eigenvalue weighted by Gasteiger charge is -2.17. The van der Waals surface area contributed by atoms with E-state index in [-0.39, 0.29) is 17.5 Å². The smallest absolute Gasteiger partial charge is 0.152 e. The van der Waals surface area contributed by atoms with Crippen molar-refractivity contribution in [2.24, 2.45) is 0 Å². The second-order valence-corrected chi connectivity index (χ2v) is 4.93. The summed E-state index contributed by atoms with van der Waals surface area (Å²) in [6.07, 6.45) is 0.549. The highest BCUT2D eigenvalue weighted by Gasteiger charge is 2.14. The van der Waals surface area contributed by atoms with Crippen LogP contribution in [0.25, 0.3) is 0 Å². The highest BCUT2D eigenvalue weighted by Crippen LogP contribution is 2.23. The Morgan fingerprint density at radius 1 is 1.00 bits per heavy atom. The van der Waals surface area contributed by atoms with Crippen LogP contribution in [0.3, 0.4) is 0 Å². The van der Waals surface area contributed by atoms with Crippen molar-refractivity contribution in [1.82, 2.24) is 0 Å². The zero-order valence-corrected chi connectivity index (χ0v) is 11.4. The monoisotopic (exact) mass is 279 g/mol. The van der Waals surface area contributed by atoms with Gasteiger partial charge in [0.15, 0.2) is 5.82 Å². The number of anilines is 1. The van der Waals surface area contributed by atoms with Gasteiger partial charge in [-0.05, 0) is 49.6 Å². The van der Waals surface area contributed by atoms with Gasteiger partial charge in [-0.2, -0.15) is 0 Å². The van der Waals surface area contributed by atoms with Gasteiger partial charge in [-0.25, -0.2) is 13.2 Å². The number of halogens is 3. The molecule has 0 aliphatic rings. The molecule has 106 valence electrons. The first kappa shape index (κ1) is 14.4. The molecule has 2 rings (SSSR count). The van der Waals surface area contributed by atoms with Crippen LogP contribution in [0.15, 0.2) is 36.4 Å². The summed E-state index contributed by atoms with van der Waals surface area (Å²) in [4.78, 5) is 0. The summed E-state index contributed by atoms with van der Waals surface area (Å²) in [6.45, 7) is 3.41. The predicted molar refractivity (Wildman–Crippen MR) is 74.3 cm³/mol. The van der Waals surface area contributed by atoms with Gasteiger partial charge in [0.25, 0.3) is 0 Å². The first-order valence-corrected chi connectivity index (χ1v) is 6.43. The molecule has 0 bridgehead atoms. The fourth-order valence-electron chi connectivity index (χ4n) is 2.06. The quantitative estimate of drug-likeness (QED) is 0.871. The average molecular weight is 279 g/mol. The lowest BCUT2D eigenvalue weighted by Crippen LogP contribution is -2.20. The van der Waals surface area contributed by atoms with E-state index in [2.05, 4.69) is 5.32 Å².